The van der Waals surface area contributed by atoms with Gasteiger partial charge in [0.05, 0.1) is 19.9 Å². The molecule has 23 heavy (non-hydrogen) atoms. The van der Waals surface area contributed by atoms with Crippen LogP contribution < -0.4 is 9.47 Å². The lowest BCUT2D eigenvalue weighted by Crippen LogP contribution is -1.92. The minimum Gasteiger partial charge on any atom is -0.497 e. The zero-order valence-corrected chi connectivity index (χ0v) is 15.3. The molecule has 3 rings (SSSR count). The zero-order valence-electron chi connectivity index (χ0n) is 12.8. The van der Waals surface area contributed by atoms with Gasteiger partial charge in [0, 0.05) is 11.9 Å². The molecule has 0 amide bonds. The van der Waals surface area contributed by atoms with Crippen molar-refractivity contribution in [3.8, 4) is 28.4 Å². The van der Waals surface area contributed by atoms with E-state index in [1.54, 1.807) is 14.2 Å². The van der Waals surface area contributed by atoms with Crippen molar-refractivity contribution in [1.29, 1.82) is 0 Å². The third kappa shape index (κ3) is 3.65. The maximum atomic E-state index is 5.42. The van der Waals surface area contributed by atoms with E-state index in [0.717, 1.165) is 28.4 Å². The van der Waals surface area contributed by atoms with Crippen LogP contribution in [0.3, 0.4) is 0 Å². The molecule has 6 heteroatoms. The summed E-state index contributed by atoms with van der Waals surface area (Å²) in [7, 11) is 3.31. The molecule has 120 valence electrons. The Bertz CT molecular complexity index is 823. The van der Waals surface area contributed by atoms with Gasteiger partial charge in [-0.05, 0) is 66.3 Å². The molecule has 0 atom stereocenters. The van der Waals surface area contributed by atoms with Crippen molar-refractivity contribution in [2.75, 3.05) is 14.2 Å². The Morgan fingerprint density at radius 3 is 1.91 bits per heavy atom. The highest BCUT2D eigenvalue weighted by Gasteiger charge is 2.05. The fourth-order valence-electron chi connectivity index (χ4n) is 2.25. The summed E-state index contributed by atoms with van der Waals surface area (Å²) >= 11 is 5.42. The molecule has 0 aliphatic carbocycles. The first-order valence-electron chi connectivity index (χ1n) is 6.82. The first-order valence-corrected chi connectivity index (χ1v) is 7.22. The molecule has 0 aliphatic heterocycles. The molecule has 0 radical (unpaired) electrons. The number of ether oxygens (including phenoxy) is 2. The van der Waals surface area contributed by atoms with Gasteiger partial charge in [-0.3, -0.25) is 4.57 Å². The van der Waals surface area contributed by atoms with Gasteiger partial charge in [-0.15, -0.1) is 17.0 Å². The number of nitrogens with zero attached hydrogens (tertiary/aromatic N) is 1. The van der Waals surface area contributed by atoms with Crippen molar-refractivity contribution in [3.63, 3.8) is 0 Å². The minimum absolute atomic E-state index is 0. The van der Waals surface area contributed by atoms with Gasteiger partial charge in [-0.25, -0.2) is 0 Å². The van der Waals surface area contributed by atoms with Crippen LogP contribution in [0.25, 0.3) is 16.9 Å². The monoisotopic (exact) mass is 392 g/mol. The number of hydrogen-bond acceptors (Lipinski definition) is 3. The van der Waals surface area contributed by atoms with Gasteiger partial charge in [-0.1, -0.05) is 0 Å². The first-order chi connectivity index (χ1) is 10.7. The lowest BCUT2D eigenvalue weighted by molar-refractivity contribution is 0.414. The second-order valence-corrected chi connectivity index (χ2v) is 5.16. The molecule has 0 bridgehead atoms. The number of H-pyrrole nitrogens is 1. The molecular weight excluding hydrogens is 376 g/mol. The average Bonchev–Trinajstić information content (AvgIpc) is 2.97. The number of nitrogens with one attached hydrogen (secondary N) is 1. The van der Waals surface area contributed by atoms with Crippen molar-refractivity contribution < 1.29 is 9.47 Å². The minimum atomic E-state index is 0. The van der Waals surface area contributed by atoms with E-state index >= 15 is 0 Å². The highest BCUT2D eigenvalue weighted by Crippen LogP contribution is 2.23. The number of aromatic nitrogens is 2. The van der Waals surface area contributed by atoms with E-state index in [0.29, 0.717) is 4.77 Å². The fraction of sp³-hybridized carbons (Fsp3) is 0.118. The van der Waals surface area contributed by atoms with Crippen LogP contribution in [0.4, 0.5) is 0 Å². The van der Waals surface area contributed by atoms with E-state index in [4.69, 9.17) is 21.7 Å². The van der Waals surface area contributed by atoms with Crippen LogP contribution in [0, 0.1) is 4.77 Å². The van der Waals surface area contributed by atoms with Crippen molar-refractivity contribution in [3.05, 3.63) is 59.5 Å². The Labute approximate surface area is 150 Å². The predicted octanol–water partition coefficient (Wildman–Crippen LogP) is 4.80. The first kappa shape index (κ1) is 17.3. The highest BCUT2D eigenvalue weighted by atomic mass is 79.9. The number of hydrogen-bond donors (Lipinski definition) is 1. The number of rotatable bonds is 4. The Morgan fingerprint density at radius 1 is 0.870 bits per heavy atom. The molecule has 1 aromatic heterocycles. The van der Waals surface area contributed by atoms with Crippen LogP contribution in [0.1, 0.15) is 0 Å². The van der Waals surface area contributed by atoms with Crippen LogP contribution in [-0.2, 0) is 0 Å². The third-order valence-corrected chi connectivity index (χ3v) is 3.77. The average molecular weight is 393 g/mol. The quantitative estimate of drug-likeness (QED) is 0.648. The van der Waals surface area contributed by atoms with Gasteiger partial charge in [0.25, 0.3) is 0 Å². The van der Waals surface area contributed by atoms with Gasteiger partial charge in [0.1, 0.15) is 11.5 Å². The lowest BCUT2D eigenvalue weighted by Gasteiger charge is -2.04. The van der Waals surface area contributed by atoms with Crippen molar-refractivity contribution in [1.82, 2.24) is 9.55 Å². The van der Waals surface area contributed by atoms with Crippen LogP contribution in [-0.4, -0.2) is 23.8 Å². The summed E-state index contributed by atoms with van der Waals surface area (Å²) in [5.74, 6) is 1.65. The Balaban J connectivity index is 0.00000192. The number of benzene rings is 2. The van der Waals surface area contributed by atoms with Crippen LogP contribution in [0.5, 0.6) is 11.5 Å². The summed E-state index contributed by atoms with van der Waals surface area (Å²) in [5, 5.41) is 0. The molecule has 0 spiro atoms. The Kier molecular flexibility index (Phi) is 5.63. The third-order valence-electron chi connectivity index (χ3n) is 3.47. The normalized spacial score (nSPS) is 10.0. The molecule has 1 N–H and O–H groups in total. The molecule has 0 saturated heterocycles. The Hall–Kier alpha value is -2.05. The Morgan fingerprint density at radius 2 is 1.39 bits per heavy atom. The van der Waals surface area contributed by atoms with E-state index in [9.17, 15) is 0 Å². The summed E-state index contributed by atoms with van der Waals surface area (Å²) in [5.41, 5.74) is 3.00. The molecule has 0 fully saturated rings. The fourth-order valence-corrected chi connectivity index (χ4v) is 2.52. The number of methoxy groups -OCH3 is 2. The standard InChI is InChI=1S/C17H16N2O2S.BrH/c1-20-14-7-3-12(4-8-14)16-11-19(17(22)18-16)13-5-9-15(21-2)10-6-13;/h3-11H,1-2H3,(H,18,22);1H. The van der Waals surface area contributed by atoms with Crippen molar-refractivity contribution >= 4 is 29.2 Å². The maximum absolute atomic E-state index is 5.42. The number of imidazole rings is 1. The van der Waals surface area contributed by atoms with Gasteiger partial charge < -0.3 is 14.5 Å². The summed E-state index contributed by atoms with van der Waals surface area (Å²) in [6.07, 6.45) is 1.99. The maximum Gasteiger partial charge on any atom is 0.182 e. The number of halogens is 1. The largest absolute Gasteiger partial charge is 0.497 e. The van der Waals surface area contributed by atoms with Crippen LogP contribution in [0.2, 0.25) is 0 Å². The van der Waals surface area contributed by atoms with Crippen molar-refractivity contribution in [2.24, 2.45) is 0 Å². The highest BCUT2D eigenvalue weighted by molar-refractivity contribution is 8.93. The van der Waals surface area contributed by atoms with E-state index in [-0.39, 0.29) is 17.0 Å². The molecule has 2 aromatic carbocycles. The smallest absolute Gasteiger partial charge is 0.182 e. The van der Waals surface area contributed by atoms with E-state index in [1.165, 1.54) is 0 Å². The SMILES string of the molecule is Br.COc1ccc(-c2cn(-c3ccc(OC)cc3)c(=S)[nH]2)cc1. The molecule has 1 heterocycles. The van der Waals surface area contributed by atoms with Gasteiger partial charge in [-0.2, -0.15) is 0 Å². The molecule has 3 aromatic rings. The van der Waals surface area contributed by atoms with Crippen molar-refractivity contribution in [2.45, 2.75) is 0 Å². The summed E-state index contributed by atoms with van der Waals surface area (Å²) in [4.78, 5) is 3.23. The topological polar surface area (TPSA) is 39.2 Å². The zero-order chi connectivity index (χ0) is 15.5. The van der Waals surface area contributed by atoms with Gasteiger partial charge in [0.2, 0.25) is 0 Å². The molecular formula is C17H17BrN2O2S. The van der Waals surface area contributed by atoms with Crippen LogP contribution in [0.15, 0.2) is 54.7 Å². The summed E-state index contributed by atoms with van der Waals surface area (Å²) in [6, 6.07) is 15.6. The second-order valence-electron chi connectivity index (χ2n) is 4.77. The molecule has 0 saturated carbocycles. The lowest BCUT2D eigenvalue weighted by atomic mass is 10.1. The summed E-state index contributed by atoms with van der Waals surface area (Å²) < 4.78 is 12.9. The predicted molar refractivity (Wildman–Crippen MR) is 99.8 cm³/mol. The second kappa shape index (κ2) is 7.48. The van der Waals surface area contributed by atoms with Crippen LogP contribution >= 0.6 is 29.2 Å². The van der Waals surface area contributed by atoms with E-state index in [1.807, 2.05) is 59.3 Å². The van der Waals surface area contributed by atoms with E-state index < -0.39 is 0 Å². The van der Waals surface area contributed by atoms with E-state index in [2.05, 4.69) is 4.98 Å². The van der Waals surface area contributed by atoms with Gasteiger partial charge in [0.15, 0.2) is 4.77 Å². The number of aromatic amines is 1. The molecule has 0 aliphatic rings. The summed E-state index contributed by atoms with van der Waals surface area (Å²) in [6.45, 7) is 0. The van der Waals surface area contributed by atoms with Gasteiger partial charge >= 0.3 is 0 Å². The molecule has 4 nitrogen and oxygen atoms in total. The molecule has 0 unspecified atom stereocenters.